The molecule has 0 aromatic carbocycles. The molecule has 10 heteroatoms. The summed E-state index contributed by atoms with van der Waals surface area (Å²) in [7, 11) is 0. The molecule has 2 atom stereocenters. The van der Waals surface area contributed by atoms with Crippen LogP contribution in [-0.4, -0.2) is 30.4 Å². The molecule has 166 valence electrons. The average molecular weight is 491 g/mol. The molecule has 4 fully saturated rings. The van der Waals surface area contributed by atoms with Gasteiger partial charge in [0.15, 0.2) is 0 Å². The van der Waals surface area contributed by atoms with Crippen molar-refractivity contribution in [1.29, 1.82) is 0 Å². The molecule has 4 aliphatic rings. The van der Waals surface area contributed by atoms with E-state index in [4.69, 9.17) is 0 Å². The highest BCUT2D eigenvalue weighted by Gasteiger charge is 2.59. The first kappa shape index (κ1) is 20.7. The van der Waals surface area contributed by atoms with E-state index in [1.165, 1.54) is 12.6 Å². The standard InChI is InChI=1S/C21H27BrN6O3/c1-2-26-18(17(22)10-24-26)11-23-19(29)8-20-4-14-3-15(5-20)7-21(6-14,13-20)27-12-16(9-25-27)28(30)31/h9-10,12,14-15H,2-8,11,13H2,1H3,(H,23,29). The van der Waals surface area contributed by atoms with Crippen molar-refractivity contribution < 1.29 is 9.72 Å². The Kier molecular flexibility index (Phi) is 4.95. The molecule has 0 radical (unpaired) electrons. The van der Waals surface area contributed by atoms with Crippen molar-refractivity contribution >= 4 is 27.5 Å². The summed E-state index contributed by atoms with van der Waals surface area (Å²) in [4.78, 5) is 23.8. The van der Waals surface area contributed by atoms with Gasteiger partial charge in [-0.3, -0.25) is 24.3 Å². The lowest BCUT2D eigenvalue weighted by Crippen LogP contribution is -2.57. The van der Waals surface area contributed by atoms with Gasteiger partial charge in [0.05, 0.1) is 33.4 Å². The molecule has 0 spiro atoms. The normalized spacial score (nSPS) is 31.2. The maximum atomic E-state index is 13.0. The maximum absolute atomic E-state index is 13.0. The number of nitrogens with zero attached hydrogens (tertiary/aromatic N) is 5. The Hall–Kier alpha value is -2.23. The van der Waals surface area contributed by atoms with Crippen LogP contribution in [0.25, 0.3) is 0 Å². The summed E-state index contributed by atoms with van der Waals surface area (Å²) in [6.45, 7) is 3.23. The highest BCUT2D eigenvalue weighted by atomic mass is 79.9. The maximum Gasteiger partial charge on any atom is 0.307 e. The van der Waals surface area contributed by atoms with Gasteiger partial charge in [-0.15, -0.1) is 0 Å². The zero-order valence-corrected chi connectivity index (χ0v) is 19.2. The number of carbonyl (C=O) groups excluding carboxylic acids is 1. The highest BCUT2D eigenvalue weighted by molar-refractivity contribution is 9.10. The van der Waals surface area contributed by atoms with Gasteiger partial charge in [-0.2, -0.15) is 10.2 Å². The molecule has 2 heterocycles. The minimum Gasteiger partial charge on any atom is -0.350 e. The molecule has 1 amide bonds. The second-order valence-corrected chi connectivity index (χ2v) is 10.6. The first-order chi connectivity index (χ1) is 14.8. The Labute approximate surface area is 188 Å². The van der Waals surface area contributed by atoms with Crippen molar-refractivity contribution in [2.24, 2.45) is 17.3 Å². The predicted molar refractivity (Wildman–Crippen MR) is 116 cm³/mol. The molecule has 0 saturated heterocycles. The summed E-state index contributed by atoms with van der Waals surface area (Å²) in [5.41, 5.74) is 0.780. The number of aromatic nitrogens is 4. The molecule has 0 aliphatic heterocycles. The SMILES string of the molecule is CCn1ncc(Br)c1CNC(=O)CC12CC3CC(C1)CC(n1cc([N+](=O)[O-])cn1)(C3)C2. The van der Waals surface area contributed by atoms with Gasteiger partial charge < -0.3 is 5.32 Å². The molecule has 9 nitrogen and oxygen atoms in total. The van der Waals surface area contributed by atoms with E-state index < -0.39 is 0 Å². The van der Waals surface area contributed by atoms with Crippen LogP contribution in [-0.2, 0) is 23.4 Å². The topological polar surface area (TPSA) is 108 Å². The van der Waals surface area contributed by atoms with Gasteiger partial charge >= 0.3 is 5.69 Å². The van der Waals surface area contributed by atoms with E-state index in [1.54, 1.807) is 12.4 Å². The number of nitro groups is 1. The van der Waals surface area contributed by atoms with Gasteiger partial charge in [-0.1, -0.05) is 0 Å². The van der Waals surface area contributed by atoms with Gasteiger partial charge in [0, 0.05) is 13.0 Å². The van der Waals surface area contributed by atoms with E-state index in [-0.39, 0.29) is 27.5 Å². The van der Waals surface area contributed by atoms with Gasteiger partial charge in [0.1, 0.15) is 12.4 Å². The minimum absolute atomic E-state index is 0.0423. The monoisotopic (exact) mass is 490 g/mol. The summed E-state index contributed by atoms with van der Waals surface area (Å²) in [6, 6.07) is 0. The van der Waals surface area contributed by atoms with E-state index in [0.29, 0.717) is 24.8 Å². The number of hydrogen-bond donors (Lipinski definition) is 1. The Morgan fingerprint density at radius 2 is 2.03 bits per heavy atom. The third kappa shape index (κ3) is 3.58. The predicted octanol–water partition coefficient (Wildman–Crippen LogP) is 3.77. The van der Waals surface area contributed by atoms with E-state index >= 15 is 0 Å². The third-order valence-corrected chi connectivity index (χ3v) is 8.27. The molecular weight excluding hydrogens is 464 g/mol. The van der Waals surface area contributed by atoms with Crippen LogP contribution < -0.4 is 5.32 Å². The molecule has 6 rings (SSSR count). The molecule has 2 aromatic rings. The van der Waals surface area contributed by atoms with E-state index in [0.717, 1.165) is 48.8 Å². The van der Waals surface area contributed by atoms with E-state index in [2.05, 4.69) is 31.4 Å². The van der Waals surface area contributed by atoms with Gasteiger partial charge in [0.25, 0.3) is 0 Å². The number of rotatable bonds is 7. The first-order valence-corrected chi connectivity index (χ1v) is 11.8. The van der Waals surface area contributed by atoms with Crippen LogP contribution in [0.15, 0.2) is 23.1 Å². The Morgan fingerprint density at radius 1 is 1.29 bits per heavy atom. The Bertz CT molecular complexity index is 1020. The smallest absolute Gasteiger partial charge is 0.307 e. The van der Waals surface area contributed by atoms with Crippen LogP contribution in [0.4, 0.5) is 5.69 Å². The highest BCUT2D eigenvalue weighted by Crippen LogP contribution is 2.65. The summed E-state index contributed by atoms with van der Waals surface area (Å²) >= 11 is 3.51. The average Bonchev–Trinajstić information content (AvgIpc) is 3.32. The number of nitrogens with one attached hydrogen (secondary N) is 1. The van der Waals surface area contributed by atoms with Crippen LogP contribution in [0.5, 0.6) is 0 Å². The summed E-state index contributed by atoms with van der Waals surface area (Å²) in [6.07, 6.45) is 11.4. The lowest BCUT2D eigenvalue weighted by Gasteiger charge is -2.61. The molecule has 4 aliphatic carbocycles. The number of aryl methyl sites for hydroxylation is 1. The zero-order valence-electron chi connectivity index (χ0n) is 17.6. The van der Waals surface area contributed by atoms with Crippen LogP contribution in [0.3, 0.4) is 0 Å². The molecular formula is C21H27BrN6O3. The number of halogens is 1. The van der Waals surface area contributed by atoms with Crippen LogP contribution >= 0.6 is 15.9 Å². The van der Waals surface area contributed by atoms with Crippen molar-refractivity contribution in [3.05, 3.63) is 38.9 Å². The fourth-order valence-corrected chi connectivity index (χ4v) is 7.40. The van der Waals surface area contributed by atoms with Gasteiger partial charge in [-0.25, -0.2) is 0 Å². The number of amides is 1. The van der Waals surface area contributed by atoms with Crippen molar-refractivity contribution in [2.75, 3.05) is 0 Å². The summed E-state index contributed by atoms with van der Waals surface area (Å²) < 4.78 is 4.64. The zero-order chi connectivity index (χ0) is 21.8. The summed E-state index contributed by atoms with van der Waals surface area (Å²) in [5, 5.41) is 23.0. The van der Waals surface area contributed by atoms with E-state index in [1.807, 2.05) is 16.3 Å². The summed E-state index contributed by atoms with van der Waals surface area (Å²) in [5.74, 6) is 1.19. The van der Waals surface area contributed by atoms with Crippen LogP contribution in [0.2, 0.25) is 0 Å². The third-order valence-electron chi connectivity index (χ3n) is 7.60. The van der Waals surface area contributed by atoms with Crippen LogP contribution in [0.1, 0.15) is 57.6 Å². The van der Waals surface area contributed by atoms with Gasteiger partial charge in [-0.05, 0) is 78.6 Å². The van der Waals surface area contributed by atoms with Crippen molar-refractivity contribution in [2.45, 2.75) is 70.5 Å². The molecule has 1 N–H and O–H groups in total. The van der Waals surface area contributed by atoms with E-state index in [9.17, 15) is 14.9 Å². The first-order valence-electron chi connectivity index (χ1n) is 11.0. The second kappa shape index (κ2) is 7.43. The minimum atomic E-state index is -0.383. The Balaban J connectivity index is 1.33. The quantitative estimate of drug-likeness (QED) is 0.469. The second-order valence-electron chi connectivity index (χ2n) is 9.79. The lowest BCUT2D eigenvalue weighted by atomic mass is 9.46. The fourth-order valence-electron chi connectivity index (χ4n) is 6.97. The van der Waals surface area contributed by atoms with Crippen molar-refractivity contribution in [1.82, 2.24) is 24.9 Å². The molecule has 2 aromatic heterocycles. The van der Waals surface area contributed by atoms with Gasteiger partial charge in [0.2, 0.25) is 5.91 Å². The molecule has 4 saturated carbocycles. The number of hydrogen-bond acceptors (Lipinski definition) is 5. The van der Waals surface area contributed by atoms with Crippen LogP contribution in [0, 0.1) is 27.4 Å². The Morgan fingerprint density at radius 3 is 2.68 bits per heavy atom. The lowest BCUT2D eigenvalue weighted by molar-refractivity contribution is -0.385. The van der Waals surface area contributed by atoms with Crippen molar-refractivity contribution in [3.8, 4) is 0 Å². The largest absolute Gasteiger partial charge is 0.350 e. The molecule has 4 bridgehead atoms. The number of carbonyl (C=O) groups is 1. The molecule has 2 unspecified atom stereocenters. The molecule has 31 heavy (non-hydrogen) atoms. The van der Waals surface area contributed by atoms with Crippen molar-refractivity contribution in [3.63, 3.8) is 0 Å². The fraction of sp³-hybridized carbons (Fsp3) is 0.667.